The van der Waals surface area contributed by atoms with Crippen molar-refractivity contribution in [3.8, 4) is 0 Å². The second-order valence-electron chi connectivity index (χ2n) is 6.03. The minimum absolute atomic E-state index is 0.349. The van der Waals surface area contributed by atoms with Gasteiger partial charge in [0, 0.05) is 24.5 Å². The standard InChI is InChI=1S/C20H26N2O2/c1-3-4-5-16(2)18-6-8-19(9-7-18)22-20(23)24-15-12-17-10-13-21-14-11-17/h6-11,13-14,16H,3-5,12,15H2,1-2H3,(H,22,23). The van der Waals surface area contributed by atoms with Crippen LogP contribution in [0.1, 0.15) is 50.2 Å². The molecule has 0 saturated carbocycles. The first-order chi connectivity index (χ1) is 11.7. The molecule has 1 heterocycles. The third-order valence-corrected chi connectivity index (χ3v) is 4.09. The number of anilines is 1. The molecule has 4 heteroatoms. The van der Waals surface area contributed by atoms with Crippen molar-refractivity contribution >= 4 is 11.8 Å². The average Bonchev–Trinajstić information content (AvgIpc) is 2.61. The molecule has 0 aliphatic carbocycles. The highest BCUT2D eigenvalue weighted by atomic mass is 16.5. The summed E-state index contributed by atoms with van der Waals surface area (Å²) in [4.78, 5) is 15.8. The number of hydrogen-bond acceptors (Lipinski definition) is 3. The molecule has 1 N–H and O–H groups in total. The largest absolute Gasteiger partial charge is 0.449 e. The summed E-state index contributed by atoms with van der Waals surface area (Å²) in [7, 11) is 0. The van der Waals surface area contributed by atoms with Crippen LogP contribution in [0.2, 0.25) is 0 Å². The molecule has 1 aromatic heterocycles. The molecular formula is C20H26N2O2. The lowest BCUT2D eigenvalue weighted by molar-refractivity contribution is 0.163. The molecule has 0 bridgehead atoms. The van der Waals surface area contributed by atoms with Gasteiger partial charge in [-0.1, -0.05) is 38.8 Å². The van der Waals surface area contributed by atoms with Gasteiger partial charge in [0.25, 0.3) is 0 Å². The number of amides is 1. The van der Waals surface area contributed by atoms with Crippen LogP contribution < -0.4 is 5.32 Å². The molecule has 0 fully saturated rings. The fourth-order valence-electron chi connectivity index (χ4n) is 2.54. The molecule has 1 amide bonds. The Morgan fingerprint density at radius 3 is 2.54 bits per heavy atom. The van der Waals surface area contributed by atoms with Gasteiger partial charge in [0.05, 0.1) is 6.61 Å². The number of nitrogens with one attached hydrogen (secondary N) is 1. The van der Waals surface area contributed by atoms with Gasteiger partial charge in [-0.05, 0) is 47.7 Å². The van der Waals surface area contributed by atoms with E-state index in [4.69, 9.17) is 4.74 Å². The lowest BCUT2D eigenvalue weighted by Gasteiger charge is -2.12. The first-order valence-corrected chi connectivity index (χ1v) is 8.61. The zero-order valence-corrected chi connectivity index (χ0v) is 14.5. The summed E-state index contributed by atoms with van der Waals surface area (Å²) in [5.74, 6) is 0.548. The Balaban J connectivity index is 1.75. The number of rotatable bonds is 8. The minimum Gasteiger partial charge on any atom is -0.449 e. The van der Waals surface area contributed by atoms with Crippen molar-refractivity contribution in [2.24, 2.45) is 0 Å². The minimum atomic E-state index is -0.421. The first-order valence-electron chi connectivity index (χ1n) is 8.61. The number of carbonyl (C=O) groups is 1. The van der Waals surface area contributed by atoms with Gasteiger partial charge < -0.3 is 4.74 Å². The van der Waals surface area contributed by atoms with Gasteiger partial charge in [0.15, 0.2) is 0 Å². The molecule has 0 spiro atoms. The van der Waals surface area contributed by atoms with Crippen LogP contribution in [0, 0.1) is 0 Å². The monoisotopic (exact) mass is 326 g/mol. The Hall–Kier alpha value is -2.36. The third-order valence-electron chi connectivity index (χ3n) is 4.09. The second-order valence-corrected chi connectivity index (χ2v) is 6.03. The predicted molar refractivity (Wildman–Crippen MR) is 97.3 cm³/mol. The van der Waals surface area contributed by atoms with Crippen LogP contribution in [0.25, 0.3) is 0 Å². The molecule has 0 aliphatic heterocycles. The van der Waals surface area contributed by atoms with Crippen LogP contribution in [0.3, 0.4) is 0 Å². The van der Waals surface area contributed by atoms with Gasteiger partial charge in [-0.3, -0.25) is 10.3 Å². The van der Waals surface area contributed by atoms with Crippen LogP contribution in [0.4, 0.5) is 10.5 Å². The van der Waals surface area contributed by atoms with Crippen molar-refractivity contribution in [2.45, 2.75) is 45.4 Å². The van der Waals surface area contributed by atoms with Gasteiger partial charge in [0.1, 0.15) is 0 Å². The van der Waals surface area contributed by atoms with Crippen LogP contribution >= 0.6 is 0 Å². The SMILES string of the molecule is CCCCC(C)c1ccc(NC(=O)OCCc2ccncc2)cc1. The number of carbonyl (C=O) groups excluding carboxylic acids is 1. The Morgan fingerprint density at radius 2 is 1.88 bits per heavy atom. The van der Waals surface area contributed by atoms with Crippen molar-refractivity contribution in [3.63, 3.8) is 0 Å². The quantitative estimate of drug-likeness (QED) is 0.728. The molecule has 1 aromatic carbocycles. The molecule has 24 heavy (non-hydrogen) atoms. The Bertz CT molecular complexity index is 611. The van der Waals surface area contributed by atoms with Gasteiger partial charge in [-0.15, -0.1) is 0 Å². The van der Waals surface area contributed by atoms with Gasteiger partial charge >= 0.3 is 6.09 Å². The molecule has 4 nitrogen and oxygen atoms in total. The average molecular weight is 326 g/mol. The number of ether oxygens (including phenoxy) is 1. The van der Waals surface area contributed by atoms with Crippen molar-refractivity contribution in [3.05, 3.63) is 59.9 Å². The lowest BCUT2D eigenvalue weighted by atomic mass is 9.95. The number of pyridine rings is 1. The van der Waals surface area contributed by atoms with E-state index in [-0.39, 0.29) is 0 Å². The van der Waals surface area contributed by atoms with Crippen LogP contribution in [-0.2, 0) is 11.2 Å². The summed E-state index contributed by atoms with van der Waals surface area (Å²) in [6.45, 7) is 4.80. The Labute approximate surface area is 144 Å². The number of nitrogens with zero attached hydrogens (tertiary/aromatic N) is 1. The smallest absolute Gasteiger partial charge is 0.411 e. The molecule has 0 saturated heterocycles. The normalized spacial score (nSPS) is 11.8. The Kier molecular flexibility index (Phi) is 7.27. The predicted octanol–water partition coefficient (Wildman–Crippen LogP) is 5.17. The molecule has 128 valence electrons. The van der Waals surface area contributed by atoms with Gasteiger partial charge in [-0.2, -0.15) is 0 Å². The zero-order valence-electron chi connectivity index (χ0n) is 14.5. The number of aromatic nitrogens is 1. The highest BCUT2D eigenvalue weighted by molar-refractivity contribution is 5.84. The molecule has 1 atom stereocenters. The topological polar surface area (TPSA) is 51.2 Å². The zero-order chi connectivity index (χ0) is 17.2. The number of benzene rings is 1. The van der Waals surface area contributed by atoms with Crippen molar-refractivity contribution in [1.82, 2.24) is 4.98 Å². The van der Waals surface area contributed by atoms with Crippen LogP contribution in [0.5, 0.6) is 0 Å². The summed E-state index contributed by atoms with van der Waals surface area (Å²) in [5, 5.41) is 2.76. The van der Waals surface area contributed by atoms with E-state index in [0.717, 1.165) is 11.3 Å². The van der Waals surface area contributed by atoms with E-state index in [1.165, 1.54) is 24.8 Å². The van der Waals surface area contributed by atoms with E-state index in [9.17, 15) is 4.79 Å². The van der Waals surface area contributed by atoms with Crippen LogP contribution in [-0.4, -0.2) is 17.7 Å². The highest BCUT2D eigenvalue weighted by Gasteiger charge is 2.07. The van der Waals surface area contributed by atoms with E-state index < -0.39 is 6.09 Å². The molecule has 2 rings (SSSR count). The lowest BCUT2D eigenvalue weighted by Crippen LogP contribution is -2.15. The van der Waals surface area contributed by atoms with E-state index in [2.05, 4.69) is 36.3 Å². The molecule has 2 aromatic rings. The molecule has 0 aliphatic rings. The van der Waals surface area contributed by atoms with Crippen LogP contribution in [0.15, 0.2) is 48.8 Å². The van der Waals surface area contributed by atoms with Gasteiger partial charge in [0.2, 0.25) is 0 Å². The van der Waals surface area contributed by atoms with Gasteiger partial charge in [-0.25, -0.2) is 4.79 Å². The maximum atomic E-state index is 11.8. The summed E-state index contributed by atoms with van der Waals surface area (Å²) in [6, 6.07) is 11.9. The molecular weight excluding hydrogens is 300 g/mol. The van der Waals surface area contributed by atoms with E-state index in [0.29, 0.717) is 18.9 Å². The summed E-state index contributed by atoms with van der Waals surface area (Å²) in [6.07, 6.45) is 7.39. The maximum absolute atomic E-state index is 11.8. The summed E-state index contributed by atoms with van der Waals surface area (Å²) >= 11 is 0. The molecule has 0 radical (unpaired) electrons. The fraction of sp³-hybridized carbons (Fsp3) is 0.400. The second kappa shape index (κ2) is 9.71. The first kappa shape index (κ1) is 18.0. The van der Waals surface area contributed by atoms with Crippen molar-refractivity contribution in [2.75, 3.05) is 11.9 Å². The summed E-state index contributed by atoms with van der Waals surface area (Å²) in [5.41, 5.74) is 3.17. The van der Waals surface area contributed by atoms with Crippen molar-refractivity contribution in [1.29, 1.82) is 0 Å². The third kappa shape index (κ3) is 6.03. The van der Waals surface area contributed by atoms with Crippen molar-refractivity contribution < 1.29 is 9.53 Å². The number of unbranched alkanes of at least 4 members (excludes halogenated alkanes) is 1. The fourth-order valence-corrected chi connectivity index (χ4v) is 2.54. The highest BCUT2D eigenvalue weighted by Crippen LogP contribution is 2.22. The maximum Gasteiger partial charge on any atom is 0.411 e. The van der Waals surface area contributed by atoms with E-state index >= 15 is 0 Å². The molecule has 1 unspecified atom stereocenters. The van der Waals surface area contributed by atoms with E-state index in [1.54, 1.807) is 12.4 Å². The summed E-state index contributed by atoms with van der Waals surface area (Å²) < 4.78 is 5.21. The Morgan fingerprint density at radius 1 is 1.17 bits per heavy atom. The number of hydrogen-bond donors (Lipinski definition) is 1. The van der Waals surface area contributed by atoms with E-state index in [1.807, 2.05) is 24.3 Å².